The molecule has 0 bridgehead atoms. The molecule has 0 atom stereocenters. The Morgan fingerprint density at radius 1 is 1.80 bits per heavy atom. The summed E-state index contributed by atoms with van der Waals surface area (Å²) in [6.07, 6.45) is 1.83. The number of oxime groups is 1. The second kappa shape index (κ2) is 4.99. The van der Waals surface area contributed by atoms with E-state index in [-0.39, 0.29) is 11.7 Å². The van der Waals surface area contributed by atoms with Gasteiger partial charge in [-0.3, -0.25) is 9.89 Å². The summed E-state index contributed by atoms with van der Waals surface area (Å²) in [5, 5.41) is 17.4. The number of H-pyrrole nitrogens is 1. The summed E-state index contributed by atoms with van der Waals surface area (Å²) in [5.74, 6) is -0.0856. The molecule has 0 saturated heterocycles. The van der Waals surface area contributed by atoms with Gasteiger partial charge >= 0.3 is 0 Å². The maximum absolute atomic E-state index is 11.6. The second-order valence-corrected chi connectivity index (χ2v) is 3.04. The summed E-state index contributed by atoms with van der Waals surface area (Å²) in [5.41, 5.74) is 5.70. The molecule has 15 heavy (non-hydrogen) atoms. The monoisotopic (exact) mass is 211 g/mol. The minimum absolute atomic E-state index is 0.0965. The first-order chi connectivity index (χ1) is 7.15. The van der Waals surface area contributed by atoms with E-state index in [4.69, 9.17) is 10.9 Å². The van der Waals surface area contributed by atoms with Crippen LogP contribution in [-0.2, 0) is 0 Å². The van der Waals surface area contributed by atoms with Gasteiger partial charge in [-0.2, -0.15) is 5.10 Å². The number of hydrogen-bond donors (Lipinski definition) is 3. The molecular weight excluding hydrogens is 198 g/mol. The van der Waals surface area contributed by atoms with Crippen molar-refractivity contribution in [2.45, 2.75) is 6.42 Å². The minimum Gasteiger partial charge on any atom is -0.409 e. The van der Waals surface area contributed by atoms with Gasteiger partial charge in [-0.05, 0) is 6.07 Å². The van der Waals surface area contributed by atoms with Crippen LogP contribution in [0.3, 0.4) is 0 Å². The Hall–Kier alpha value is -2.05. The van der Waals surface area contributed by atoms with Gasteiger partial charge in [0.05, 0.1) is 0 Å². The lowest BCUT2D eigenvalue weighted by Crippen LogP contribution is -2.30. The van der Waals surface area contributed by atoms with Crippen molar-refractivity contribution in [1.82, 2.24) is 15.1 Å². The van der Waals surface area contributed by atoms with Crippen LogP contribution in [0, 0.1) is 0 Å². The van der Waals surface area contributed by atoms with E-state index in [0.717, 1.165) is 0 Å². The molecule has 1 aromatic rings. The highest BCUT2D eigenvalue weighted by atomic mass is 16.4. The van der Waals surface area contributed by atoms with Crippen LogP contribution in [0.5, 0.6) is 0 Å². The third-order valence-corrected chi connectivity index (χ3v) is 1.91. The summed E-state index contributed by atoms with van der Waals surface area (Å²) < 4.78 is 0. The number of carbonyl (C=O) groups is 1. The average Bonchev–Trinajstić information content (AvgIpc) is 2.77. The van der Waals surface area contributed by atoms with Crippen LogP contribution < -0.4 is 5.73 Å². The van der Waals surface area contributed by atoms with Gasteiger partial charge in [0, 0.05) is 26.2 Å². The highest BCUT2D eigenvalue weighted by Gasteiger charge is 2.12. The largest absolute Gasteiger partial charge is 0.409 e. The van der Waals surface area contributed by atoms with Gasteiger partial charge in [0.1, 0.15) is 11.5 Å². The summed E-state index contributed by atoms with van der Waals surface area (Å²) >= 11 is 0. The van der Waals surface area contributed by atoms with E-state index in [1.807, 2.05) is 0 Å². The molecule has 0 fully saturated rings. The number of aromatic nitrogens is 2. The van der Waals surface area contributed by atoms with Crippen molar-refractivity contribution in [3.63, 3.8) is 0 Å². The van der Waals surface area contributed by atoms with Crippen LogP contribution >= 0.6 is 0 Å². The molecule has 0 radical (unpaired) electrons. The standard InChI is InChI=1S/C8H13N5O2/c1-13(5-3-7(9)12-15)8(14)6-2-4-10-11-6/h2,4,15H,3,5H2,1H3,(H2,9,12)(H,10,11). The lowest BCUT2D eigenvalue weighted by atomic mass is 10.3. The molecule has 7 nitrogen and oxygen atoms in total. The molecule has 0 aliphatic heterocycles. The molecule has 0 saturated carbocycles. The number of amidine groups is 1. The number of hydrogen-bond acceptors (Lipinski definition) is 4. The molecule has 82 valence electrons. The Balaban J connectivity index is 2.48. The quantitative estimate of drug-likeness (QED) is 0.273. The zero-order valence-electron chi connectivity index (χ0n) is 8.34. The fourth-order valence-corrected chi connectivity index (χ4v) is 1.01. The van der Waals surface area contributed by atoms with Crippen molar-refractivity contribution in [2.75, 3.05) is 13.6 Å². The van der Waals surface area contributed by atoms with E-state index in [1.54, 1.807) is 13.1 Å². The number of aromatic amines is 1. The van der Waals surface area contributed by atoms with Gasteiger partial charge in [0.2, 0.25) is 0 Å². The molecule has 0 aliphatic rings. The molecular formula is C8H13N5O2. The van der Waals surface area contributed by atoms with E-state index in [9.17, 15) is 4.79 Å². The van der Waals surface area contributed by atoms with E-state index in [1.165, 1.54) is 11.1 Å². The maximum Gasteiger partial charge on any atom is 0.271 e. The van der Waals surface area contributed by atoms with E-state index in [0.29, 0.717) is 18.7 Å². The van der Waals surface area contributed by atoms with Gasteiger partial charge in [-0.1, -0.05) is 5.16 Å². The van der Waals surface area contributed by atoms with Crippen LogP contribution in [0.15, 0.2) is 17.4 Å². The first-order valence-corrected chi connectivity index (χ1v) is 4.36. The predicted octanol–water partition coefficient (Wildman–Crippen LogP) is -0.382. The van der Waals surface area contributed by atoms with Crippen molar-refractivity contribution < 1.29 is 10.0 Å². The molecule has 0 spiro atoms. The Morgan fingerprint density at radius 3 is 3.07 bits per heavy atom. The normalized spacial score (nSPS) is 11.4. The first kappa shape index (κ1) is 11.0. The number of carbonyl (C=O) groups excluding carboxylic acids is 1. The van der Waals surface area contributed by atoms with Crippen LogP contribution in [0.2, 0.25) is 0 Å². The topological polar surface area (TPSA) is 108 Å². The molecule has 1 amide bonds. The molecule has 7 heteroatoms. The predicted molar refractivity (Wildman–Crippen MR) is 53.6 cm³/mol. The minimum atomic E-state index is -0.182. The van der Waals surface area contributed by atoms with Gasteiger partial charge < -0.3 is 15.8 Å². The number of nitrogens with zero attached hydrogens (tertiary/aromatic N) is 3. The molecule has 1 heterocycles. The Labute approximate surface area is 86.6 Å². The lowest BCUT2D eigenvalue weighted by Gasteiger charge is -2.15. The zero-order valence-corrected chi connectivity index (χ0v) is 8.34. The third-order valence-electron chi connectivity index (χ3n) is 1.91. The summed E-state index contributed by atoms with van der Waals surface area (Å²) in [4.78, 5) is 13.1. The Bertz CT molecular complexity index is 346. The fraction of sp³-hybridized carbons (Fsp3) is 0.375. The molecule has 0 unspecified atom stereocenters. The van der Waals surface area contributed by atoms with Crippen molar-refractivity contribution >= 4 is 11.7 Å². The SMILES string of the molecule is CN(CCC(N)=NO)C(=O)c1ccn[nH]1. The number of nitrogens with one attached hydrogen (secondary N) is 1. The second-order valence-electron chi connectivity index (χ2n) is 3.04. The summed E-state index contributed by atoms with van der Waals surface area (Å²) in [7, 11) is 1.63. The van der Waals surface area contributed by atoms with E-state index < -0.39 is 0 Å². The molecule has 4 N–H and O–H groups in total. The Morgan fingerprint density at radius 2 is 2.53 bits per heavy atom. The number of amides is 1. The molecule has 0 aromatic carbocycles. The zero-order chi connectivity index (χ0) is 11.3. The maximum atomic E-state index is 11.6. The lowest BCUT2D eigenvalue weighted by molar-refractivity contribution is 0.0792. The number of nitrogens with two attached hydrogens (primary N) is 1. The third kappa shape index (κ3) is 2.97. The van der Waals surface area contributed by atoms with Crippen LogP contribution in [0.4, 0.5) is 0 Å². The molecule has 1 rings (SSSR count). The smallest absolute Gasteiger partial charge is 0.271 e. The number of rotatable bonds is 4. The van der Waals surface area contributed by atoms with Gasteiger partial charge in [0.25, 0.3) is 5.91 Å². The van der Waals surface area contributed by atoms with Crippen molar-refractivity contribution in [1.29, 1.82) is 0 Å². The fourth-order valence-electron chi connectivity index (χ4n) is 1.01. The van der Waals surface area contributed by atoms with Crippen LogP contribution in [-0.4, -0.2) is 45.6 Å². The first-order valence-electron chi connectivity index (χ1n) is 4.36. The van der Waals surface area contributed by atoms with Gasteiger partial charge in [-0.25, -0.2) is 0 Å². The van der Waals surface area contributed by atoms with E-state index in [2.05, 4.69) is 15.4 Å². The van der Waals surface area contributed by atoms with Gasteiger partial charge in [0.15, 0.2) is 0 Å². The highest BCUT2D eigenvalue weighted by molar-refractivity contribution is 5.92. The van der Waals surface area contributed by atoms with Crippen molar-refractivity contribution in [3.05, 3.63) is 18.0 Å². The van der Waals surface area contributed by atoms with Crippen LogP contribution in [0.25, 0.3) is 0 Å². The van der Waals surface area contributed by atoms with Crippen LogP contribution in [0.1, 0.15) is 16.9 Å². The van der Waals surface area contributed by atoms with Gasteiger partial charge in [-0.15, -0.1) is 0 Å². The average molecular weight is 211 g/mol. The van der Waals surface area contributed by atoms with E-state index >= 15 is 0 Å². The van der Waals surface area contributed by atoms with Crippen molar-refractivity contribution in [3.8, 4) is 0 Å². The highest BCUT2D eigenvalue weighted by Crippen LogP contribution is 1.99. The molecule has 1 aromatic heterocycles. The summed E-state index contributed by atoms with van der Waals surface area (Å²) in [6, 6.07) is 1.59. The summed E-state index contributed by atoms with van der Waals surface area (Å²) in [6.45, 7) is 0.383. The molecule has 0 aliphatic carbocycles. The van der Waals surface area contributed by atoms with Crippen molar-refractivity contribution in [2.24, 2.45) is 10.9 Å². The Kier molecular flexibility index (Phi) is 3.67.